The summed E-state index contributed by atoms with van der Waals surface area (Å²) >= 11 is 6.13. The first-order valence-electron chi connectivity index (χ1n) is 5.29. The standard InChI is InChI=1S/C9H23ClN2Si/c1-5-11(6-2)9(13-10)12(7-3)8-4/h9H,5-8,13H2,1-4H3. The lowest BCUT2D eigenvalue weighted by atomic mass is 10.5. The zero-order valence-electron chi connectivity index (χ0n) is 9.39. The molecule has 80 valence electrons. The van der Waals surface area contributed by atoms with E-state index in [1.165, 1.54) is 0 Å². The Morgan fingerprint density at radius 3 is 1.38 bits per heavy atom. The van der Waals surface area contributed by atoms with Crippen LogP contribution in [-0.4, -0.2) is 50.6 Å². The third-order valence-electron chi connectivity index (χ3n) is 2.61. The molecule has 4 heteroatoms. The highest BCUT2D eigenvalue weighted by Gasteiger charge is 2.19. The lowest BCUT2D eigenvalue weighted by Gasteiger charge is -2.36. The zero-order chi connectivity index (χ0) is 10.3. The van der Waals surface area contributed by atoms with E-state index in [0.29, 0.717) is 5.79 Å². The highest BCUT2D eigenvalue weighted by atomic mass is 35.6. The van der Waals surface area contributed by atoms with Crippen LogP contribution < -0.4 is 0 Å². The van der Waals surface area contributed by atoms with Gasteiger partial charge in [-0.2, -0.15) is 11.1 Å². The zero-order valence-corrected chi connectivity index (χ0v) is 11.6. The molecule has 0 N–H and O–H groups in total. The molecule has 0 aromatic rings. The Hall–Kier alpha value is 0.427. The predicted molar refractivity (Wildman–Crippen MR) is 64.0 cm³/mol. The van der Waals surface area contributed by atoms with Crippen molar-refractivity contribution in [2.75, 3.05) is 26.2 Å². The highest BCUT2D eigenvalue weighted by molar-refractivity contribution is 6.94. The number of hydrogen-bond donors (Lipinski definition) is 0. The van der Waals surface area contributed by atoms with E-state index >= 15 is 0 Å². The number of hydrogen-bond acceptors (Lipinski definition) is 2. The van der Waals surface area contributed by atoms with Gasteiger partial charge in [-0.3, -0.25) is 9.80 Å². The molecule has 13 heavy (non-hydrogen) atoms. The minimum absolute atomic E-state index is 0.487. The van der Waals surface area contributed by atoms with Crippen LogP contribution in [0.4, 0.5) is 0 Å². The Bertz CT molecular complexity index is 104. The van der Waals surface area contributed by atoms with Crippen molar-refractivity contribution in [3.63, 3.8) is 0 Å². The molecule has 2 nitrogen and oxygen atoms in total. The van der Waals surface area contributed by atoms with E-state index in [9.17, 15) is 0 Å². The number of halogens is 1. The van der Waals surface area contributed by atoms with Gasteiger partial charge in [0, 0.05) is 0 Å². The van der Waals surface area contributed by atoms with Crippen molar-refractivity contribution in [3.05, 3.63) is 0 Å². The second kappa shape index (κ2) is 7.80. The van der Waals surface area contributed by atoms with Crippen LogP contribution in [0.15, 0.2) is 0 Å². The lowest BCUT2D eigenvalue weighted by molar-refractivity contribution is 0.117. The van der Waals surface area contributed by atoms with Gasteiger partial charge in [0.1, 0.15) is 0 Å². The molecular weight excluding hydrogens is 200 g/mol. The summed E-state index contributed by atoms with van der Waals surface area (Å²) in [5, 5.41) is 0. The minimum atomic E-state index is -0.487. The fourth-order valence-corrected chi connectivity index (χ4v) is 4.31. The fourth-order valence-electron chi connectivity index (χ4n) is 1.72. The number of nitrogens with zero attached hydrogens (tertiary/aromatic N) is 2. The van der Waals surface area contributed by atoms with Crippen molar-refractivity contribution < 1.29 is 0 Å². The van der Waals surface area contributed by atoms with Crippen LogP contribution in [0, 0.1) is 0 Å². The normalized spacial score (nSPS) is 12.9. The quantitative estimate of drug-likeness (QED) is 0.364. The Labute approximate surface area is 89.8 Å². The Kier molecular flexibility index (Phi) is 8.05. The second-order valence-corrected chi connectivity index (χ2v) is 5.04. The van der Waals surface area contributed by atoms with Crippen molar-refractivity contribution in [1.82, 2.24) is 9.80 Å². The van der Waals surface area contributed by atoms with Crippen LogP contribution in [0.3, 0.4) is 0 Å². The maximum absolute atomic E-state index is 6.13. The van der Waals surface area contributed by atoms with Crippen LogP contribution in [0.25, 0.3) is 0 Å². The maximum atomic E-state index is 6.13. The van der Waals surface area contributed by atoms with Gasteiger partial charge in [0.15, 0.2) is 8.83 Å². The summed E-state index contributed by atoms with van der Waals surface area (Å²) < 4.78 is 0. The summed E-state index contributed by atoms with van der Waals surface area (Å²) in [6.07, 6.45) is 0. The van der Waals surface area contributed by atoms with Gasteiger partial charge in [0.25, 0.3) is 0 Å². The van der Waals surface area contributed by atoms with Gasteiger partial charge >= 0.3 is 0 Å². The average Bonchev–Trinajstić information content (AvgIpc) is 2.18. The molecule has 0 aliphatic heterocycles. The summed E-state index contributed by atoms with van der Waals surface area (Å²) in [5.41, 5.74) is 0. The molecule has 0 fully saturated rings. The van der Waals surface area contributed by atoms with E-state index in [0.717, 1.165) is 26.2 Å². The lowest BCUT2D eigenvalue weighted by Crippen LogP contribution is -2.50. The van der Waals surface area contributed by atoms with E-state index in [1.54, 1.807) is 0 Å². The van der Waals surface area contributed by atoms with E-state index in [1.807, 2.05) is 0 Å². The van der Waals surface area contributed by atoms with Crippen LogP contribution in [0.5, 0.6) is 0 Å². The van der Waals surface area contributed by atoms with E-state index in [2.05, 4.69) is 37.5 Å². The van der Waals surface area contributed by atoms with Gasteiger partial charge in [0.2, 0.25) is 0 Å². The molecule has 0 amide bonds. The number of rotatable bonds is 7. The van der Waals surface area contributed by atoms with Crippen molar-refractivity contribution >= 4 is 19.9 Å². The molecular formula is C9H23ClN2Si. The molecule has 0 bridgehead atoms. The molecule has 0 aromatic carbocycles. The summed E-state index contributed by atoms with van der Waals surface area (Å²) in [7, 11) is -0.487. The largest absolute Gasteiger partial charge is 0.291 e. The second-order valence-electron chi connectivity index (χ2n) is 3.08. The smallest absolute Gasteiger partial charge is 0.160 e. The van der Waals surface area contributed by atoms with Gasteiger partial charge in [-0.15, -0.1) is 0 Å². The van der Waals surface area contributed by atoms with Gasteiger partial charge in [0.05, 0.1) is 5.79 Å². The Morgan fingerprint density at radius 1 is 0.923 bits per heavy atom. The summed E-state index contributed by atoms with van der Waals surface area (Å²) in [4.78, 5) is 4.93. The molecule has 0 saturated carbocycles. The van der Waals surface area contributed by atoms with Crippen LogP contribution in [-0.2, 0) is 0 Å². The molecule has 0 saturated heterocycles. The maximum Gasteiger partial charge on any atom is 0.160 e. The predicted octanol–water partition coefficient (Wildman–Crippen LogP) is 1.28. The van der Waals surface area contributed by atoms with Crippen molar-refractivity contribution in [1.29, 1.82) is 0 Å². The topological polar surface area (TPSA) is 6.48 Å². The van der Waals surface area contributed by atoms with Crippen molar-refractivity contribution in [2.45, 2.75) is 33.5 Å². The molecule has 0 rings (SSSR count). The van der Waals surface area contributed by atoms with E-state index < -0.39 is 8.83 Å². The monoisotopic (exact) mass is 222 g/mol. The average molecular weight is 223 g/mol. The van der Waals surface area contributed by atoms with E-state index in [-0.39, 0.29) is 0 Å². The third kappa shape index (κ3) is 3.98. The SMILES string of the molecule is CCN(CC)C([SiH2]Cl)N(CC)CC. The van der Waals surface area contributed by atoms with Gasteiger partial charge < -0.3 is 0 Å². The molecule has 0 heterocycles. The third-order valence-corrected chi connectivity index (χ3v) is 4.74. The van der Waals surface area contributed by atoms with Crippen LogP contribution >= 0.6 is 11.1 Å². The van der Waals surface area contributed by atoms with Gasteiger partial charge in [-0.25, -0.2) is 0 Å². The molecule has 0 radical (unpaired) electrons. The van der Waals surface area contributed by atoms with Crippen molar-refractivity contribution in [3.8, 4) is 0 Å². The molecule has 0 aliphatic rings. The molecule has 0 atom stereocenters. The first-order chi connectivity index (χ1) is 6.24. The first-order valence-corrected chi connectivity index (χ1v) is 8.24. The Balaban J connectivity index is 4.26. The fraction of sp³-hybridized carbons (Fsp3) is 1.00. The highest BCUT2D eigenvalue weighted by Crippen LogP contribution is 2.05. The van der Waals surface area contributed by atoms with Gasteiger partial charge in [-0.05, 0) is 26.2 Å². The van der Waals surface area contributed by atoms with Gasteiger partial charge in [-0.1, -0.05) is 27.7 Å². The summed E-state index contributed by atoms with van der Waals surface area (Å²) in [6.45, 7) is 13.3. The van der Waals surface area contributed by atoms with E-state index in [4.69, 9.17) is 11.1 Å². The van der Waals surface area contributed by atoms with Crippen molar-refractivity contribution in [2.24, 2.45) is 0 Å². The summed E-state index contributed by atoms with van der Waals surface area (Å²) in [5.74, 6) is 0.548. The van der Waals surface area contributed by atoms with Crippen LogP contribution in [0.2, 0.25) is 0 Å². The van der Waals surface area contributed by atoms with Crippen LogP contribution in [0.1, 0.15) is 27.7 Å². The molecule has 0 aromatic heterocycles. The summed E-state index contributed by atoms with van der Waals surface area (Å²) in [6, 6.07) is 0. The first kappa shape index (κ1) is 13.4. The molecule has 0 spiro atoms. The molecule has 0 unspecified atom stereocenters. The molecule has 0 aliphatic carbocycles. The Morgan fingerprint density at radius 2 is 1.23 bits per heavy atom. The minimum Gasteiger partial charge on any atom is -0.291 e.